The van der Waals surface area contributed by atoms with E-state index in [-0.39, 0.29) is 6.04 Å². The highest BCUT2D eigenvalue weighted by Crippen LogP contribution is 2.39. The second-order valence-corrected chi connectivity index (χ2v) is 5.15. The lowest BCUT2D eigenvalue weighted by molar-refractivity contribution is 0.403. The Labute approximate surface area is 104 Å². The monoisotopic (exact) mass is 233 g/mol. The first kappa shape index (κ1) is 12.4. The van der Waals surface area contributed by atoms with Crippen molar-refractivity contribution in [1.82, 2.24) is 0 Å². The van der Waals surface area contributed by atoms with Crippen LogP contribution in [0.4, 0.5) is 0 Å². The molecular weight excluding hydrogens is 210 g/mol. The zero-order valence-corrected chi connectivity index (χ0v) is 10.9. The lowest BCUT2D eigenvalue weighted by Crippen LogP contribution is -2.19. The molecule has 1 aliphatic carbocycles. The number of hydrogen-bond donors (Lipinski definition) is 1. The van der Waals surface area contributed by atoms with Gasteiger partial charge in [0.1, 0.15) is 5.75 Å². The minimum atomic E-state index is 0.168. The zero-order valence-electron chi connectivity index (χ0n) is 10.9. The van der Waals surface area contributed by atoms with Gasteiger partial charge in [0.05, 0.1) is 7.11 Å². The molecule has 94 valence electrons. The van der Waals surface area contributed by atoms with Crippen LogP contribution in [0.15, 0.2) is 24.3 Å². The molecule has 2 N–H and O–H groups in total. The van der Waals surface area contributed by atoms with Gasteiger partial charge >= 0.3 is 0 Å². The molecule has 2 heteroatoms. The molecule has 0 aromatic heterocycles. The van der Waals surface area contributed by atoms with E-state index in [4.69, 9.17) is 10.5 Å². The minimum Gasteiger partial charge on any atom is -0.497 e. The Morgan fingerprint density at radius 1 is 1.41 bits per heavy atom. The van der Waals surface area contributed by atoms with Gasteiger partial charge in [-0.1, -0.05) is 31.9 Å². The molecular formula is C15H23NO. The lowest BCUT2D eigenvalue weighted by Gasteiger charge is -2.20. The fraction of sp³-hybridized carbons (Fsp3) is 0.600. The molecule has 0 saturated heterocycles. The van der Waals surface area contributed by atoms with Crippen molar-refractivity contribution in [2.24, 2.45) is 17.6 Å². The van der Waals surface area contributed by atoms with Gasteiger partial charge in [0.25, 0.3) is 0 Å². The standard InChI is InChI=1S/C15H23NO/c1-3-11-7-8-13(9-11)15(16)12-5-4-6-14(10-12)17-2/h4-6,10-11,13,15H,3,7-9,16H2,1-2H3. The summed E-state index contributed by atoms with van der Waals surface area (Å²) in [6, 6.07) is 8.36. The third-order valence-electron chi connectivity index (χ3n) is 4.15. The summed E-state index contributed by atoms with van der Waals surface area (Å²) in [5, 5.41) is 0. The van der Waals surface area contributed by atoms with Crippen LogP contribution >= 0.6 is 0 Å². The highest BCUT2D eigenvalue weighted by Gasteiger charge is 2.28. The van der Waals surface area contributed by atoms with Gasteiger partial charge in [-0.25, -0.2) is 0 Å². The predicted octanol–water partition coefficient (Wildman–Crippen LogP) is 3.52. The van der Waals surface area contributed by atoms with Crippen molar-refractivity contribution in [1.29, 1.82) is 0 Å². The Kier molecular flexibility index (Phi) is 4.06. The van der Waals surface area contributed by atoms with Crippen molar-refractivity contribution < 1.29 is 4.74 Å². The highest BCUT2D eigenvalue weighted by atomic mass is 16.5. The Hall–Kier alpha value is -1.02. The maximum absolute atomic E-state index is 6.39. The topological polar surface area (TPSA) is 35.2 Å². The normalized spacial score (nSPS) is 25.8. The van der Waals surface area contributed by atoms with Gasteiger partial charge in [-0.2, -0.15) is 0 Å². The van der Waals surface area contributed by atoms with E-state index < -0.39 is 0 Å². The summed E-state index contributed by atoms with van der Waals surface area (Å²) >= 11 is 0. The quantitative estimate of drug-likeness (QED) is 0.863. The summed E-state index contributed by atoms with van der Waals surface area (Å²) < 4.78 is 5.25. The summed E-state index contributed by atoms with van der Waals surface area (Å²) in [6.45, 7) is 2.28. The van der Waals surface area contributed by atoms with Crippen molar-refractivity contribution >= 4 is 0 Å². The number of methoxy groups -OCH3 is 1. The molecule has 0 heterocycles. The second-order valence-electron chi connectivity index (χ2n) is 5.15. The Morgan fingerprint density at radius 3 is 2.88 bits per heavy atom. The summed E-state index contributed by atoms with van der Waals surface area (Å²) in [7, 11) is 1.70. The maximum atomic E-state index is 6.39. The van der Waals surface area contributed by atoms with Crippen molar-refractivity contribution in [2.75, 3.05) is 7.11 Å². The first-order valence-corrected chi connectivity index (χ1v) is 6.64. The van der Waals surface area contributed by atoms with Crippen molar-refractivity contribution in [3.05, 3.63) is 29.8 Å². The van der Waals surface area contributed by atoms with Crippen LogP contribution in [0.1, 0.15) is 44.2 Å². The molecule has 0 spiro atoms. The Bertz CT molecular complexity index is 364. The van der Waals surface area contributed by atoms with E-state index in [0.29, 0.717) is 5.92 Å². The average Bonchev–Trinajstić information content (AvgIpc) is 2.86. The molecule has 17 heavy (non-hydrogen) atoms. The lowest BCUT2D eigenvalue weighted by atomic mass is 9.91. The number of nitrogens with two attached hydrogens (primary N) is 1. The smallest absolute Gasteiger partial charge is 0.119 e. The van der Waals surface area contributed by atoms with Crippen LogP contribution in [0, 0.1) is 11.8 Å². The Balaban J connectivity index is 2.06. The van der Waals surface area contributed by atoms with E-state index in [1.807, 2.05) is 12.1 Å². The van der Waals surface area contributed by atoms with Crippen LogP contribution in [0.2, 0.25) is 0 Å². The van der Waals surface area contributed by atoms with Gasteiger partial charge in [0.15, 0.2) is 0 Å². The highest BCUT2D eigenvalue weighted by molar-refractivity contribution is 5.30. The first-order valence-electron chi connectivity index (χ1n) is 6.64. The average molecular weight is 233 g/mol. The van der Waals surface area contributed by atoms with Crippen LogP contribution in [-0.2, 0) is 0 Å². The molecule has 1 saturated carbocycles. The summed E-state index contributed by atoms with van der Waals surface area (Å²) in [6.07, 6.45) is 5.20. The van der Waals surface area contributed by atoms with E-state index >= 15 is 0 Å². The van der Waals surface area contributed by atoms with E-state index in [1.54, 1.807) is 7.11 Å². The third-order valence-corrected chi connectivity index (χ3v) is 4.15. The largest absolute Gasteiger partial charge is 0.497 e. The van der Waals surface area contributed by atoms with Crippen molar-refractivity contribution in [3.8, 4) is 5.75 Å². The Morgan fingerprint density at radius 2 is 2.24 bits per heavy atom. The molecule has 2 nitrogen and oxygen atoms in total. The van der Waals surface area contributed by atoms with Crippen LogP contribution in [-0.4, -0.2) is 7.11 Å². The molecule has 1 fully saturated rings. The van der Waals surface area contributed by atoms with Crippen LogP contribution < -0.4 is 10.5 Å². The second kappa shape index (κ2) is 5.54. The maximum Gasteiger partial charge on any atom is 0.119 e. The van der Waals surface area contributed by atoms with Gasteiger partial charge in [-0.05, 0) is 42.4 Å². The number of benzene rings is 1. The summed E-state index contributed by atoms with van der Waals surface area (Å²) in [5.41, 5.74) is 7.60. The van der Waals surface area contributed by atoms with Gasteiger partial charge < -0.3 is 10.5 Å². The van der Waals surface area contributed by atoms with Crippen LogP contribution in [0.3, 0.4) is 0 Å². The van der Waals surface area contributed by atoms with Crippen LogP contribution in [0.25, 0.3) is 0 Å². The molecule has 1 aromatic rings. The fourth-order valence-corrected chi connectivity index (χ4v) is 2.93. The molecule has 0 amide bonds. The minimum absolute atomic E-state index is 0.168. The molecule has 0 radical (unpaired) electrons. The molecule has 2 rings (SSSR count). The summed E-state index contributed by atoms with van der Waals surface area (Å²) in [5.74, 6) is 2.44. The molecule has 1 aliphatic rings. The van der Waals surface area contributed by atoms with E-state index in [2.05, 4.69) is 19.1 Å². The third kappa shape index (κ3) is 2.81. The van der Waals surface area contributed by atoms with E-state index in [0.717, 1.165) is 11.7 Å². The van der Waals surface area contributed by atoms with Crippen molar-refractivity contribution in [3.63, 3.8) is 0 Å². The fourth-order valence-electron chi connectivity index (χ4n) is 2.93. The SMILES string of the molecule is CCC1CCC(C(N)c2cccc(OC)c2)C1. The molecule has 3 atom stereocenters. The van der Waals surface area contributed by atoms with E-state index in [9.17, 15) is 0 Å². The van der Waals surface area contributed by atoms with Gasteiger partial charge in [-0.3, -0.25) is 0 Å². The van der Waals surface area contributed by atoms with E-state index in [1.165, 1.54) is 31.2 Å². The van der Waals surface area contributed by atoms with Gasteiger partial charge in [0.2, 0.25) is 0 Å². The predicted molar refractivity (Wildman–Crippen MR) is 71.0 cm³/mol. The number of ether oxygens (including phenoxy) is 1. The first-order chi connectivity index (χ1) is 8.24. The number of rotatable bonds is 4. The number of hydrogen-bond acceptors (Lipinski definition) is 2. The molecule has 0 bridgehead atoms. The van der Waals surface area contributed by atoms with Crippen LogP contribution in [0.5, 0.6) is 5.75 Å². The zero-order chi connectivity index (χ0) is 12.3. The molecule has 3 unspecified atom stereocenters. The summed E-state index contributed by atoms with van der Waals surface area (Å²) in [4.78, 5) is 0. The van der Waals surface area contributed by atoms with Gasteiger partial charge in [0, 0.05) is 6.04 Å². The molecule has 1 aromatic carbocycles. The molecule has 0 aliphatic heterocycles. The van der Waals surface area contributed by atoms with Gasteiger partial charge in [-0.15, -0.1) is 0 Å². The van der Waals surface area contributed by atoms with Crippen molar-refractivity contribution in [2.45, 2.75) is 38.6 Å².